The summed E-state index contributed by atoms with van der Waals surface area (Å²) in [5.74, 6) is 0.151. The number of aliphatic imine (C=N–C) groups is 1. The highest BCUT2D eigenvalue weighted by atomic mass is 79.9. The number of nitriles is 1. The Morgan fingerprint density at radius 1 is 1.20 bits per heavy atom. The zero-order valence-corrected chi connectivity index (χ0v) is 13.5. The van der Waals surface area contributed by atoms with E-state index in [2.05, 4.69) is 42.9 Å². The van der Waals surface area contributed by atoms with Crippen molar-refractivity contribution in [1.29, 1.82) is 5.26 Å². The van der Waals surface area contributed by atoms with Gasteiger partial charge in [0.05, 0.1) is 22.7 Å². The predicted molar refractivity (Wildman–Crippen MR) is 86.5 cm³/mol. The van der Waals surface area contributed by atoms with Crippen molar-refractivity contribution >= 4 is 43.8 Å². The molecule has 0 aliphatic carbocycles. The Morgan fingerprint density at radius 2 is 1.90 bits per heavy atom. The third kappa shape index (κ3) is 3.69. The lowest BCUT2D eigenvalue weighted by molar-refractivity contribution is 0.471. The lowest BCUT2D eigenvalue weighted by Gasteiger charge is -2.03. The van der Waals surface area contributed by atoms with Crippen molar-refractivity contribution in [2.45, 2.75) is 6.42 Å². The topological polar surface area (TPSA) is 56.4 Å². The molecule has 0 saturated heterocycles. The van der Waals surface area contributed by atoms with Crippen LogP contribution in [0.15, 0.2) is 50.3 Å². The molecule has 0 amide bonds. The summed E-state index contributed by atoms with van der Waals surface area (Å²) in [6.45, 7) is 0. The van der Waals surface area contributed by atoms with Crippen LogP contribution in [0.5, 0.6) is 5.75 Å². The van der Waals surface area contributed by atoms with E-state index < -0.39 is 0 Å². The minimum atomic E-state index is 0.151. The lowest BCUT2D eigenvalue weighted by atomic mass is 10.1. The van der Waals surface area contributed by atoms with Crippen molar-refractivity contribution < 1.29 is 5.11 Å². The number of aromatic hydroxyl groups is 1. The molecule has 3 nitrogen and oxygen atoms in total. The van der Waals surface area contributed by atoms with E-state index in [1.807, 2.05) is 24.3 Å². The lowest BCUT2D eigenvalue weighted by Crippen LogP contribution is -1.84. The quantitative estimate of drug-likeness (QED) is 0.766. The molecule has 0 saturated carbocycles. The van der Waals surface area contributed by atoms with Gasteiger partial charge < -0.3 is 5.11 Å². The first kappa shape index (κ1) is 14.8. The fourth-order valence-corrected chi connectivity index (χ4v) is 2.88. The van der Waals surface area contributed by atoms with Gasteiger partial charge in [-0.25, -0.2) is 0 Å². The number of benzene rings is 2. The fourth-order valence-electron chi connectivity index (χ4n) is 1.62. The van der Waals surface area contributed by atoms with Gasteiger partial charge in [0.25, 0.3) is 0 Å². The van der Waals surface area contributed by atoms with E-state index in [0.29, 0.717) is 16.5 Å². The molecule has 2 aromatic carbocycles. The predicted octanol–water partition coefficient (Wildman–Crippen LogP) is 4.73. The molecular weight excluding hydrogens is 384 g/mol. The number of phenolic OH excluding ortho intramolecular Hbond substituents is 1. The standard InChI is InChI=1S/C15H10Br2N2O/c16-12-7-11(15(20)14(17)8-12)9-19-13-3-1-10(2-4-13)5-6-18/h1-4,7-9,20H,5H2. The molecule has 0 bridgehead atoms. The number of hydrogen-bond donors (Lipinski definition) is 1. The van der Waals surface area contributed by atoms with E-state index in [9.17, 15) is 5.11 Å². The van der Waals surface area contributed by atoms with Crippen LogP contribution in [0.25, 0.3) is 0 Å². The Hall–Kier alpha value is -1.64. The Kier molecular flexibility index (Phi) is 4.94. The van der Waals surface area contributed by atoms with Crippen molar-refractivity contribution in [3.63, 3.8) is 0 Å². The molecule has 0 atom stereocenters. The summed E-state index contributed by atoms with van der Waals surface area (Å²) < 4.78 is 1.46. The number of hydrogen-bond acceptors (Lipinski definition) is 3. The second-order valence-electron chi connectivity index (χ2n) is 4.08. The van der Waals surface area contributed by atoms with Crippen molar-refractivity contribution in [2.75, 3.05) is 0 Å². The highest BCUT2D eigenvalue weighted by Gasteiger charge is 2.05. The molecular formula is C15H10Br2N2O. The minimum Gasteiger partial charge on any atom is -0.506 e. The highest BCUT2D eigenvalue weighted by molar-refractivity contribution is 9.11. The molecule has 5 heteroatoms. The Bertz CT molecular complexity index is 688. The summed E-state index contributed by atoms with van der Waals surface area (Å²) in [6, 6.07) is 13.1. The van der Waals surface area contributed by atoms with E-state index >= 15 is 0 Å². The molecule has 0 aliphatic rings. The summed E-state index contributed by atoms with van der Waals surface area (Å²) in [5.41, 5.74) is 2.34. The molecule has 0 radical (unpaired) electrons. The van der Waals surface area contributed by atoms with E-state index in [4.69, 9.17) is 5.26 Å². The molecule has 1 N–H and O–H groups in total. The van der Waals surface area contributed by atoms with Crippen LogP contribution < -0.4 is 0 Å². The van der Waals surface area contributed by atoms with Gasteiger partial charge in [0.2, 0.25) is 0 Å². The van der Waals surface area contributed by atoms with Crippen LogP contribution >= 0.6 is 31.9 Å². The van der Waals surface area contributed by atoms with Crippen molar-refractivity contribution in [3.8, 4) is 11.8 Å². The maximum absolute atomic E-state index is 9.92. The molecule has 0 spiro atoms. The van der Waals surface area contributed by atoms with Crippen molar-refractivity contribution in [1.82, 2.24) is 0 Å². The van der Waals surface area contributed by atoms with E-state index in [-0.39, 0.29) is 5.75 Å². The highest BCUT2D eigenvalue weighted by Crippen LogP contribution is 2.31. The van der Waals surface area contributed by atoms with Gasteiger partial charge in [-0.3, -0.25) is 4.99 Å². The first-order valence-electron chi connectivity index (χ1n) is 5.78. The molecule has 20 heavy (non-hydrogen) atoms. The van der Waals surface area contributed by atoms with Crippen LogP contribution in [0.4, 0.5) is 5.69 Å². The number of phenols is 1. The fraction of sp³-hybridized carbons (Fsp3) is 0.0667. The maximum Gasteiger partial charge on any atom is 0.138 e. The summed E-state index contributed by atoms with van der Waals surface area (Å²) in [5, 5.41) is 18.5. The molecule has 0 aliphatic heterocycles. The molecule has 2 aromatic rings. The Balaban J connectivity index is 2.23. The maximum atomic E-state index is 9.92. The van der Waals surface area contributed by atoms with E-state index in [1.165, 1.54) is 0 Å². The molecule has 2 rings (SSSR count). The molecule has 0 aromatic heterocycles. The summed E-state index contributed by atoms with van der Waals surface area (Å²) in [7, 11) is 0. The number of rotatable bonds is 3. The van der Waals surface area contributed by atoms with Gasteiger partial charge in [0, 0.05) is 16.3 Å². The second kappa shape index (κ2) is 6.69. The number of halogens is 2. The zero-order chi connectivity index (χ0) is 14.5. The summed E-state index contributed by atoms with van der Waals surface area (Å²) in [6.07, 6.45) is 1.99. The van der Waals surface area contributed by atoms with Crippen molar-refractivity contribution in [3.05, 3.63) is 56.5 Å². The second-order valence-corrected chi connectivity index (χ2v) is 5.85. The Morgan fingerprint density at radius 3 is 2.55 bits per heavy atom. The molecule has 0 fully saturated rings. The first-order chi connectivity index (χ1) is 9.60. The summed E-state index contributed by atoms with van der Waals surface area (Å²) >= 11 is 6.64. The third-order valence-electron chi connectivity index (χ3n) is 2.63. The van der Waals surface area contributed by atoms with Gasteiger partial charge in [-0.1, -0.05) is 28.1 Å². The molecule has 0 heterocycles. The van der Waals surface area contributed by atoms with E-state index in [0.717, 1.165) is 15.7 Å². The molecule has 100 valence electrons. The third-order valence-corrected chi connectivity index (χ3v) is 3.69. The summed E-state index contributed by atoms with van der Waals surface area (Å²) in [4.78, 5) is 4.31. The van der Waals surface area contributed by atoms with Gasteiger partial charge in [0.15, 0.2) is 0 Å². The van der Waals surface area contributed by atoms with Crippen LogP contribution in [0.1, 0.15) is 11.1 Å². The van der Waals surface area contributed by atoms with Gasteiger partial charge in [-0.15, -0.1) is 0 Å². The van der Waals surface area contributed by atoms with Crippen LogP contribution in [-0.2, 0) is 6.42 Å². The van der Waals surface area contributed by atoms with E-state index in [1.54, 1.807) is 18.3 Å². The van der Waals surface area contributed by atoms with Crippen molar-refractivity contribution in [2.24, 2.45) is 4.99 Å². The average Bonchev–Trinajstić information content (AvgIpc) is 2.43. The Labute approximate surface area is 133 Å². The smallest absolute Gasteiger partial charge is 0.138 e. The first-order valence-corrected chi connectivity index (χ1v) is 7.36. The largest absolute Gasteiger partial charge is 0.506 e. The minimum absolute atomic E-state index is 0.151. The number of nitrogens with zero attached hydrogens (tertiary/aromatic N) is 2. The van der Waals surface area contributed by atoms with Crippen LogP contribution in [-0.4, -0.2) is 11.3 Å². The van der Waals surface area contributed by atoms with Gasteiger partial charge in [0.1, 0.15) is 5.75 Å². The molecule has 0 unspecified atom stereocenters. The normalized spacial score (nSPS) is 10.7. The van der Waals surface area contributed by atoms with Gasteiger partial charge >= 0.3 is 0 Å². The SMILES string of the molecule is N#CCc1ccc(N=Cc2cc(Br)cc(Br)c2O)cc1. The zero-order valence-electron chi connectivity index (χ0n) is 10.3. The van der Waals surface area contributed by atoms with Crippen LogP contribution in [0.3, 0.4) is 0 Å². The van der Waals surface area contributed by atoms with Crippen LogP contribution in [0.2, 0.25) is 0 Å². The van der Waals surface area contributed by atoms with Gasteiger partial charge in [-0.05, 0) is 45.8 Å². The monoisotopic (exact) mass is 392 g/mol. The van der Waals surface area contributed by atoms with Crippen LogP contribution in [0, 0.1) is 11.3 Å². The van der Waals surface area contributed by atoms with Gasteiger partial charge in [-0.2, -0.15) is 5.26 Å². The average molecular weight is 394 g/mol.